The van der Waals surface area contributed by atoms with Gasteiger partial charge in [-0.05, 0) is 36.2 Å². The number of phenolic OH excluding ortho intramolecular Hbond substituents is 1. The van der Waals surface area contributed by atoms with Crippen molar-refractivity contribution in [3.8, 4) is 28.6 Å². The van der Waals surface area contributed by atoms with Crippen LogP contribution in [0.1, 0.15) is 27.7 Å². The lowest BCUT2D eigenvalue weighted by Gasteiger charge is -2.17. The van der Waals surface area contributed by atoms with Crippen LogP contribution in [-0.4, -0.2) is 41.7 Å². The number of benzene rings is 2. The number of carbonyl (C=O) groups is 1. The number of rotatable bonds is 4. The number of phenols is 1. The molecule has 0 fully saturated rings. The number of aromatic nitrogens is 2. The fourth-order valence-corrected chi connectivity index (χ4v) is 3.55. The second-order valence-corrected chi connectivity index (χ2v) is 6.65. The highest BCUT2D eigenvalue weighted by atomic mass is 16.5. The number of hydrogen-bond acceptors (Lipinski definition) is 5. The van der Waals surface area contributed by atoms with Gasteiger partial charge in [0.25, 0.3) is 5.91 Å². The summed E-state index contributed by atoms with van der Waals surface area (Å²) in [7, 11) is 3.13. The molecule has 0 bridgehead atoms. The number of aromatic amines is 1. The number of imidazole rings is 1. The van der Waals surface area contributed by atoms with Crippen LogP contribution in [0.5, 0.6) is 17.2 Å². The van der Waals surface area contributed by atoms with Gasteiger partial charge in [-0.2, -0.15) is 0 Å². The Kier molecular flexibility index (Phi) is 4.65. The number of fused-ring (bicyclic) bond motifs is 1. The van der Waals surface area contributed by atoms with Crippen molar-refractivity contribution in [3.05, 3.63) is 59.4 Å². The molecule has 1 aliphatic heterocycles. The molecule has 1 aromatic heterocycles. The Hall–Kier alpha value is -3.48. The molecule has 0 radical (unpaired) electrons. The first-order chi connectivity index (χ1) is 13.6. The van der Waals surface area contributed by atoms with E-state index in [1.54, 1.807) is 25.3 Å². The Bertz CT molecular complexity index is 1030. The molecule has 3 aromatic rings. The number of methoxy groups -OCH3 is 2. The molecular weight excluding hydrogens is 358 g/mol. The van der Waals surface area contributed by atoms with Crippen molar-refractivity contribution in [3.63, 3.8) is 0 Å². The summed E-state index contributed by atoms with van der Waals surface area (Å²) in [6, 6.07) is 12.8. The summed E-state index contributed by atoms with van der Waals surface area (Å²) < 4.78 is 10.7. The minimum absolute atomic E-state index is 0.0494. The maximum atomic E-state index is 12.6. The maximum Gasteiger partial charge on any atom is 0.271 e. The van der Waals surface area contributed by atoms with Gasteiger partial charge in [0.15, 0.2) is 11.5 Å². The summed E-state index contributed by atoms with van der Waals surface area (Å²) in [6.07, 6.45) is 0.622. The highest BCUT2D eigenvalue weighted by Crippen LogP contribution is 2.33. The fourth-order valence-electron chi connectivity index (χ4n) is 3.55. The zero-order valence-electron chi connectivity index (χ0n) is 15.7. The number of nitrogens with zero attached hydrogens (tertiary/aromatic N) is 1. The quantitative estimate of drug-likeness (QED) is 0.648. The van der Waals surface area contributed by atoms with Gasteiger partial charge in [0.1, 0.15) is 17.3 Å². The van der Waals surface area contributed by atoms with Gasteiger partial charge in [-0.3, -0.25) is 4.79 Å². The smallest absolute Gasteiger partial charge is 0.271 e. The minimum Gasteiger partial charge on any atom is -0.504 e. The SMILES string of the molecule is COc1cc(-c2nc3c([nH]2)C[C@@H](c2ccccc2OC)CNC3=O)ccc1O. The number of hydrogen-bond donors (Lipinski definition) is 3. The predicted octanol–water partition coefficient (Wildman–Crippen LogP) is 2.87. The molecule has 0 saturated carbocycles. The van der Waals surface area contributed by atoms with E-state index in [9.17, 15) is 9.90 Å². The molecule has 7 nitrogen and oxygen atoms in total. The van der Waals surface area contributed by atoms with Gasteiger partial charge in [0, 0.05) is 23.7 Å². The van der Waals surface area contributed by atoms with E-state index in [-0.39, 0.29) is 17.6 Å². The largest absolute Gasteiger partial charge is 0.504 e. The molecule has 1 amide bonds. The van der Waals surface area contributed by atoms with Crippen molar-refractivity contribution in [2.75, 3.05) is 20.8 Å². The molecule has 2 heterocycles. The molecule has 3 N–H and O–H groups in total. The van der Waals surface area contributed by atoms with E-state index in [1.807, 2.05) is 24.3 Å². The number of para-hydroxylation sites is 1. The lowest BCUT2D eigenvalue weighted by Crippen LogP contribution is -2.26. The molecule has 144 valence electrons. The minimum atomic E-state index is -0.208. The fraction of sp³-hybridized carbons (Fsp3) is 0.238. The van der Waals surface area contributed by atoms with E-state index in [2.05, 4.69) is 15.3 Å². The second-order valence-electron chi connectivity index (χ2n) is 6.65. The second kappa shape index (κ2) is 7.26. The van der Waals surface area contributed by atoms with Gasteiger partial charge in [0.05, 0.1) is 14.2 Å². The summed E-state index contributed by atoms with van der Waals surface area (Å²) in [5.41, 5.74) is 2.93. The third kappa shape index (κ3) is 3.15. The van der Waals surface area contributed by atoms with Crippen molar-refractivity contribution >= 4 is 5.91 Å². The van der Waals surface area contributed by atoms with E-state index in [4.69, 9.17) is 9.47 Å². The third-order valence-corrected chi connectivity index (χ3v) is 4.99. The van der Waals surface area contributed by atoms with Gasteiger partial charge >= 0.3 is 0 Å². The first kappa shape index (κ1) is 17.9. The predicted molar refractivity (Wildman–Crippen MR) is 104 cm³/mol. The van der Waals surface area contributed by atoms with Crippen LogP contribution in [0.3, 0.4) is 0 Å². The first-order valence-electron chi connectivity index (χ1n) is 8.98. The van der Waals surface area contributed by atoms with Crippen molar-refractivity contribution < 1.29 is 19.4 Å². The van der Waals surface area contributed by atoms with E-state index < -0.39 is 0 Å². The number of ether oxygens (including phenoxy) is 2. The van der Waals surface area contributed by atoms with Gasteiger partial charge in [-0.15, -0.1) is 0 Å². The van der Waals surface area contributed by atoms with E-state index in [0.717, 1.165) is 22.6 Å². The third-order valence-electron chi connectivity index (χ3n) is 4.99. The summed E-state index contributed by atoms with van der Waals surface area (Å²) in [4.78, 5) is 20.3. The Morgan fingerprint density at radius 1 is 1.11 bits per heavy atom. The van der Waals surface area contributed by atoms with Crippen LogP contribution in [0.15, 0.2) is 42.5 Å². The Labute approximate surface area is 162 Å². The monoisotopic (exact) mass is 379 g/mol. The number of carbonyl (C=O) groups excluding carboxylic acids is 1. The normalized spacial score (nSPS) is 16.1. The van der Waals surface area contributed by atoms with Crippen LogP contribution in [-0.2, 0) is 6.42 Å². The molecule has 7 heteroatoms. The number of aromatic hydroxyl groups is 1. The zero-order chi connectivity index (χ0) is 19.7. The van der Waals surface area contributed by atoms with Crippen LogP contribution in [0.2, 0.25) is 0 Å². The molecule has 4 rings (SSSR count). The van der Waals surface area contributed by atoms with Crippen molar-refractivity contribution in [2.45, 2.75) is 12.3 Å². The lowest BCUT2D eigenvalue weighted by atomic mass is 9.93. The highest BCUT2D eigenvalue weighted by Gasteiger charge is 2.28. The van der Waals surface area contributed by atoms with Gasteiger partial charge in [0.2, 0.25) is 0 Å². The molecule has 28 heavy (non-hydrogen) atoms. The van der Waals surface area contributed by atoms with Crippen LogP contribution >= 0.6 is 0 Å². The van der Waals surface area contributed by atoms with Crippen LogP contribution in [0.4, 0.5) is 0 Å². The number of nitrogens with one attached hydrogen (secondary N) is 2. The van der Waals surface area contributed by atoms with Gasteiger partial charge in [-0.1, -0.05) is 18.2 Å². The molecular formula is C21H21N3O4. The Morgan fingerprint density at radius 2 is 1.89 bits per heavy atom. The van der Waals surface area contributed by atoms with E-state index in [1.165, 1.54) is 7.11 Å². The molecule has 0 spiro atoms. The van der Waals surface area contributed by atoms with Crippen LogP contribution in [0, 0.1) is 0 Å². The van der Waals surface area contributed by atoms with Gasteiger partial charge < -0.3 is 24.9 Å². The first-order valence-corrected chi connectivity index (χ1v) is 8.98. The average Bonchev–Trinajstić information content (AvgIpc) is 3.08. The summed E-state index contributed by atoms with van der Waals surface area (Å²) in [5, 5.41) is 12.8. The van der Waals surface area contributed by atoms with Gasteiger partial charge in [-0.25, -0.2) is 4.98 Å². The van der Waals surface area contributed by atoms with Crippen molar-refractivity contribution in [1.82, 2.24) is 15.3 Å². The zero-order valence-corrected chi connectivity index (χ0v) is 15.7. The summed E-state index contributed by atoms with van der Waals surface area (Å²) >= 11 is 0. The number of amides is 1. The number of H-pyrrole nitrogens is 1. The molecule has 0 aliphatic carbocycles. The van der Waals surface area contributed by atoms with E-state index in [0.29, 0.717) is 30.2 Å². The van der Waals surface area contributed by atoms with Crippen LogP contribution in [0.25, 0.3) is 11.4 Å². The van der Waals surface area contributed by atoms with Crippen LogP contribution < -0.4 is 14.8 Å². The topological polar surface area (TPSA) is 96.5 Å². The standard InChI is InChI=1S/C21H21N3O4/c1-27-17-6-4-3-5-14(17)13-9-15-19(21(26)22-11-13)24-20(23-15)12-7-8-16(25)18(10-12)28-2/h3-8,10,13,25H,9,11H2,1-2H3,(H,22,26)(H,23,24)/t13-/m1/s1. The summed E-state index contributed by atoms with van der Waals surface area (Å²) in [5.74, 6) is 1.60. The van der Waals surface area contributed by atoms with Crippen molar-refractivity contribution in [1.29, 1.82) is 0 Å². The van der Waals surface area contributed by atoms with E-state index >= 15 is 0 Å². The Balaban J connectivity index is 1.71. The Morgan fingerprint density at radius 3 is 2.68 bits per heavy atom. The molecule has 1 atom stereocenters. The lowest BCUT2D eigenvalue weighted by molar-refractivity contribution is 0.0950. The van der Waals surface area contributed by atoms with Crippen molar-refractivity contribution in [2.24, 2.45) is 0 Å². The summed E-state index contributed by atoms with van der Waals surface area (Å²) in [6.45, 7) is 0.506. The molecule has 0 saturated heterocycles. The average molecular weight is 379 g/mol. The highest BCUT2D eigenvalue weighted by molar-refractivity contribution is 5.94. The maximum absolute atomic E-state index is 12.6. The molecule has 0 unspecified atom stereocenters. The molecule has 1 aliphatic rings. The molecule has 2 aromatic carbocycles.